The molecule has 0 fully saturated rings. The number of hydrogen-bond donors (Lipinski definition) is 2. The van der Waals surface area contributed by atoms with Crippen LogP contribution in [-0.4, -0.2) is 26.1 Å². The summed E-state index contributed by atoms with van der Waals surface area (Å²) in [5.74, 6) is -0.513. The molecule has 0 spiro atoms. The first kappa shape index (κ1) is 12.5. The number of nitrogens with two attached hydrogens (primary N) is 1. The Morgan fingerprint density at radius 1 is 1.41 bits per heavy atom. The predicted molar refractivity (Wildman–Crippen MR) is 67.4 cm³/mol. The topological polar surface area (TPSA) is 89.3 Å². The molecule has 1 heterocycles. The van der Waals surface area contributed by atoms with Crippen LogP contribution in [0.1, 0.15) is 6.42 Å². The van der Waals surface area contributed by atoms with Crippen LogP contribution < -0.4 is 11.1 Å². The molecule has 1 amide bonds. The quantitative estimate of drug-likeness (QED) is 0.847. The highest BCUT2D eigenvalue weighted by Gasteiger charge is 2.39. The van der Waals surface area contributed by atoms with E-state index in [0.29, 0.717) is 10.2 Å². The van der Waals surface area contributed by atoms with E-state index >= 15 is 0 Å². The Bertz CT molecular complexity index is 571. The highest BCUT2D eigenvalue weighted by molar-refractivity contribution is 9.10. The van der Waals surface area contributed by atoms with Crippen LogP contribution in [0.15, 0.2) is 27.6 Å². The second-order valence-corrected chi connectivity index (χ2v) is 6.76. The van der Waals surface area contributed by atoms with Gasteiger partial charge >= 0.3 is 0 Å². The standard InChI is InChI=1S/C10H11BrN2O3S/c11-6-1-2-8-7(5-6)13-10(14)9(3-4-12)17(8,15)16/h1-2,5,9H,3-4,12H2,(H,13,14). The third-order valence-electron chi connectivity index (χ3n) is 2.60. The lowest BCUT2D eigenvalue weighted by atomic mass is 10.2. The van der Waals surface area contributed by atoms with Crippen LogP contribution in [0.25, 0.3) is 0 Å². The number of amides is 1. The summed E-state index contributed by atoms with van der Waals surface area (Å²) in [5.41, 5.74) is 5.65. The molecule has 0 aromatic heterocycles. The molecule has 3 N–H and O–H groups in total. The van der Waals surface area contributed by atoms with E-state index in [9.17, 15) is 13.2 Å². The number of sulfone groups is 1. The summed E-state index contributed by atoms with van der Waals surface area (Å²) in [6.07, 6.45) is 0.129. The highest BCUT2D eigenvalue weighted by Crippen LogP contribution is 2.33. The Morgan fingerprint density at radius 2 is 2.12 bits per heavy atom. The van der Waals surface area contributed by atoms with Crippen molar-refractivity contribution < 1.29 is 13.2 Å². The van der Waals surface area contributed by atoms with E-state index in [0.717, 1.165) is 0 Å². The number of carbonyl (C=O) groups excluding carboxylic acids is 1. The summed E-state index contributed by atoms with van der Waals surface area (Å²) in [7, 11) is -3.62. The van der Waals surface area contributed by atoms with Crippen LogP contribution in [0.4, 0.5) is 5.69 Å². The number of hydrogen-bond acceptors (Lipinski definition) is 4. The average molecular weight is 319 g/mol. The number of fused-ring (bicyclic) bond motifs is 1. The number of carbonyl (C=O) groups is 1. The summed E-state index contributed by atoms with van der Waals surface area (Å²) < 4.78 is 25.1. The lowest BCUT2D eigenvalue weighted by Crippen LogP contribution is -2.41. The molecule has 0 bridgehead atoms. The first-order chi connectivity index (χ1) is 7.96. The van der Waals surface area contributed by atoms with Gasteiger partial charge in [0.1, 0.15) is 5.25 Å². The van der Waals surface area contributed by atoms with E-state index in [1.165, 1.54) is 6.07 Å². The van der Waals surface area contributed by atoms with Gasteiger partial charge in [-0.3, -0.25) is 4.79 Å². The van der Waals surface area contributed by atoms with E-state index in [1.807, 2.05) is 0 Å². The van der Waals surface area contributed by atoms with Crippen LogP contribution in [0.2, 0.25) is 0 Å². The zero-order valence-electron chi connectivity index (χ0n) is 8.81. The SMILES string of the molecule is NCCC1C(=O)Nc2cc(Br)ccc2S1(=O)=O. The molecule has 0 aliphatic carbocycles. The van der Waals surface area contributed by atoms with Crippen molar-refractivity contribution in [3.8, 4) is 0 Å². The van der Waals surface area contributed by atoms with Gasteiger partial charge in [-0.15, -0.1) is 0 Å². The molecular weight excluding hydrogens is 308 g/mol. The van der Waals surface area contributed by atoms with Crippen molar-refractivity contribution in [2.75, 3.05) is 11.9 Å². The van der Waals surface area contributed by atoms with E-state index in [1.54, 1.807) is 12.1 Å². The zero-order valence-corrected chi connectivity index (χ0v) is 11.2. The van der Waals surface area contributed by atoms with Crippen molar-refractivity contribution in [3.63, 3.8) is 0 Å². The lowest BCUT2D eigenvalue weighted by Gasteiger charge is -2.24. The normalized spacial score (nSPS) is 21.8. The van der Waals surface area contributed by atoms with Crippen LogP contribution in [0.5, 0.6) is 0 Å². The van der Waals surface area contributed by atoms with Gasteiger partial charge in [0.2, 0.25) is 5.91 Å². The molecule has 17 heavy (non-hydrogen) atoms. The van der Waals surface area contributed by atoms with Gasteiger partial charge in [-0.2, -0.15) is 0 Å². The van der Waals surface area contributed by atoms with Crippen molar-refractivity contribution in [2.45, 2.75) is 16.6 Å². The Kier molecular flexibility index (Phi) is 3.24. The third-order valence-corrected chi connectivity index (χ3v) is 5.26. The molecular formula is C10H11BrN2O3S. The van der Waals surface area contributed by atoms with E-state index in [4.69, 9.17) is 5.73 Å². The molecule has 1 atom stereocenters. The summed E-state index contributed by atoms with van der Waals surface area (Å²) in [5, 5.41) is 1.51. The zero-order chi connectivity index (χ0) is 12.6. The fourth-order valence-electron chi connectivity index (χ4n) is 1.79. The minimum atomic E-state index is -3.62. The fraction of sp³-hybridized carbons (Fsp3) is 0.300. The Balaban J connectivity index is 2.58. The van der Waals surface area contributed by atoms with E-state index in [2.05, 4.69) is 21.2 Å². The minimum Gasteiger partial charge on any atom is -0.330 e. The molecule has 1 aromatic rings. The summed E-state index contributed by atoms with van der Waals surface area (Å²) in [6.45, 7) is 0.156. The number of anilines is 1. The second-order valence-electron chi connectivity index (χ2n) is 3.74. The first-order valence-corrected chi connectivity index (χ1v) is 7.35. The largest absolute Gasteiger partial charge is 0.330 e. The van der Waals surface area contributed by atoms with E-state index in [-0.39, 0.29) is 17.9 Å². The molecule has 2 rings (SSSR count). The smallest absolute Gasteiger partial charge is 0.243 e. The first-order valence-electron chi connectivity index (χ1n) is 5.01. The van der Waals surface area contributed by atoms with Crippen molar-refractivity contribution >= 4 is 37.4 Å². The van der Waals surface area contributed by atoms with Gasteiger partial charge in [0, 0.05) is 4.47 Å². The Hall–Kier alpha value is -0.920. The van der Waals surface area contributed by atoms with Crippen molar-refractivity contribution in [2.24, 2.45) is 5.73 Å². The van der Waals surface area contributed by atoms with Crippen LogP contribution in [-0.2, 0) is 14.6 Å². The number of nitrogens with one attached hydrogen (secondary N) is 1. The average Bonchev–Trinajstić information content (AvgIpc) is 2.23. The summed E-state index contributed by atoms with van der Waals surface area (Å²) in [4.78, 5) is 11.9. The molecule has 5 nitrogen and oxygen atoms in total. The number of halogens is 1. The predicted octanol–water partition coefficient (Wildman–Crippen LogP) is 0.892. The third kappa shape index (κ3) is 2.10. The molecule has 1 unspecified atom stereocenters. The molecule has 0 radical (unpaired) electrons. The number of benzene rings is 1. The number of rotatable bonds is 2. The van der Waals surface area contributed by atoms with Crippen molar-refractivity contribution in [1.82, 2.24) is 0 Å². The molecule has 1 aliphatic heterocycles. The lowest BCUT2D eigenvalue weighted by molar-refractivity contribution is -0.116. The van der Waals surface area contributed by atoms with Crippen LogP contribution in [0, 0.1) is 0 Å². The van der Waals surface area contributed by atoms with Gasteiger partial charge < -0.3 is 11.1 Å². The van der Waals surface area contributed by atoms with Crippen LogP contribution in [0.3, 0.4) is 0 Å². The van der Waals surface area contributed by atoms with Gasteiger partial charge in [0.25, 0.3) is 0 Å². The fourth-order valence-corrected chi connectivity index (χ4v) is 3.92. The molecule has 92 valence electrons. The maximum atomic E-state index is 12.2. The van der Waals surface area contributed by atoms with Gasteiger partial charge in [-0.25, -0.2) is 8.42 Å². The maximum absolute atomic E-state index is 12.2. The molecule has 1 aromatic carbocycles. The van der Waals surface area contributed by atoms with Gasteiger partial charge in [-0.05, 0) is 31.2 Å². The van der Waals surface area contributed by atoms with Crippen molar-refractivity contribution in [3.05, 3.63) is 22.7 Å². The molecule has 0 saturated carbocycles. The Labute approximate surface area is 107 Å². The summed E-state index contributed by atoms with van der Waals surface area (Å²) in [6, 6.07) is 4.69. The monoisotopic (exact) mass is 318 g/mol. The Morgan fingerprint density at radius 3 is 2.76 bits per heavy atom. The summed E-state index contributed by atoms with van der Waals surface area (Å²) >= 11 is 3.23. The van der Waals surface area contributed by atoms with Crippen LogP contribution >= 0.6 is 15.9 Å². The molecule has 0 saturated heterocycles. The maximum Gasteiger partial charge on any atom is 0.243 e. The van der Waals surface area contributed by atoms with Gasteiger partial charge in [0.05, 0.1) is 10.6 Å². The van der Waals surface area contributed by atoms with E-state index < -0.39 is 21.0 Å². The molecule has 1 aliphatic rings. The highest BCUT2D eigenvalue weighted by atomic mass is 79.9. The molecule has 7 heteroatoms. The van der Waals surface area contributed by atoms with Crippen molar-refractivity contribution in [1.29, 1.82) is 0 Å². The van der Waals surface area contributed by atoms with Gasteiger partial charge in [0.15, 0.2) is 9.84 Å². The second kappa shape index (κ2) is 4.40. The van der Waals surface area contributed by atoms with Gasteiger partial charge in [-0.1, -0.05) is 15.9 Å². The minimum absolute atomic E-state index is 0.129.